The number of allylic oxidation sites excluding steroid dienone is 6. The molecule has 0 bridgehead atoms. The third-order valence-electron chi connectivity index (χ3n) is 10.7. The van der Waals surface area contributed by atoms with Crippen LogP contribution in [0.15, 0.2) is 106 Å². The molecule has 4 aromatic carbocycles. The highest BCUT2D eigenvalue weighted by atomic mass is 19.4. The summed E-state index contributed by atoms with van der Waals surface area (Å²) in [6, 6.07) is 25.2. The Bertz CT molecular complexity index is 2920. The minimum Gasteiger partial charge on any atom is -0.306 e. The van der Waals surface area contributed by atoms with Gasteiger partial charge in [-0.25, -0.2) is 4.99 Å². The summed E-state index contributed by atoms with van der Waals surface area (Å²) in [6.07, 6.45) is -8.89. The Morgan fingerprint density at radius 3 is 1.64 bits per heavy atom. The van der Waals surface area contributed by atoms with Crippen LogP contribution in [0.2, 0.25) is 0 Å². The monoisotopic (exact) mass is 775 g/mol. The lowest BCUT2D eigenvalue weighted by molar-refractivity contribution is -0.137. The van der Waals surface area contributed by atoms with Crippen LogP contribution in [-0.4, -0.2) is 18.3 Å². The number of rotatable bonds is 3. The van der Waals surface area contributed by atoms with Gasteiger partial charge in [-0.1, -0.05) is 42.0 Å². The standard InChI is InChI=1S/C45H23F6N7/c1-22-2-7-31-30-10-5-25(28-8-3-23(16-52)12-36(28)44(46,47)48)14-33(30)41(35(20-56)38-21-57-38)43(31)58-42-32-11-6-26(15-34(32)40(39(22)42)27(18-54)19-55)29-9-4-24(17-53)13-37(29)45(49,50)51/h3-6,8-15,38,57H,2,7,21H2,1H3/b39-22+,41-35-,58-42?. The molecule has 1 fully saturated rings. The van der Waals surface area contributed by atoms with Gasteiger partial charge in [0.15, 0.2) is 0 Å². The van der Waals surface area contributed by atoms with Gasteiger partial charge in [0.25, 0.3) is 0 Å². The van der Waals surface area contributed by atoms with Gasteiger partial charge in [0.05, 0.1) is 63.5 Å². The fraction of sp³-hybridized carbons (Fsp3) is 0.156. The predicted molar refractivity (Wildman–Crippen MR) is 201 cm³/mol. The van der Waals surface area contributed by atoms with Gasteiger partial charge < -0.3 is 5.32 Å². The zero-order chi connectivity index (χ0) is 41.3. The van der Waals surface area contributed by atoms with Crippen LogP contribution in [0.4, 0.5) is 26.3 Å². The van der Waals surface area contributed by atoms with E-state index in [-0.39, 0.29) is 50.6 Å². The first-order chi connectivity index (χ1) is 27.7. The first-order valence-corrected chi connectivity index (χ1v) is 17.7. The Labute approximate surface area is 327 Å². The molecule has 13 heteroatoms. The van der Waals surface area contributed by atoms with Crippen molar-refractivity contribution in [2.75, 3.05) is 6.54 Å². The van der Waals surface area contributed by atoms with Crippen LogP contribution in [0.5, 0.6) is 0 Å². The minimum atomic E-state index is -4.82. The lowest BCUT2D eigenvalue weighted by Crippen LogP contribution is -2.08. The molecule has 1 N–H and O–H groups in total. The number of halogens is 6. The molecule has 2 aliphatic heterocycles. The van der Waals surface area contributed by atoms with E-state index < -0.39 is 23.5 Å². The van der Waals surface area contributed by atoms with E-state index in [4.69, 9.17) is 4.99 Å². The predicted octanol–water partition coefficient (Wildman–Crippen LogP) is 10.2. The Morgan fingerprint density at radius 1 is 0.638 bits per heavy atom. The summed E-state index contributed by atoms with van der Waals surface area (Å²) in [5, 5.41) is 52.7. The van der Waals surface area contributed by atoms with E-state index in [0.29, 0.717) is 69.8 Å². The van der Waals surface area contributed by atoms with Gasteiger partial charge >= 0.3 is 12.4 Å². The van der Waals surface area contributed by atoms with Crippen molar-refractivity contribution in [3.8, 4) is 52.6 Å². The van der Waals surface area contributed by atoms with E-state index >= 15 is 0 Å². The summed E-state index contributed by atoms with van der Waals surface area (Å²) in [7, 11) is 0. The van der Waals surface area contributed by atoms with Crippen molar-refractivity contribution in [2.24, 2.45) is 4.99 Å². The molecule has 1 unspecified atom stereocenters. The smallest absolute Gasteiger partial charge is 0.306 e. The normalized spacial score (nSPS) is 18.8. The fourth-order valence-corrected chi connectivity index (χ4v) is 8.00. The molecule has 2 aliphatic carbocycles. The number of fused-ring (bicyclic) bond motifs is 5. The average Bonchev–Trinajstić information content (AvgIpc) is 3.94. The average molecular weight is 776 g/mol. The van der Waals surface area contributed by atoms with Gasteiger partial charge in [-0.05, 0) is 101 Å². The zero-order valence-electron chi connectivity index (χ0n) is 30.1. The molecule has 4 aliphatic rings. The molecular formula is C45H23F6N7. The lowest BCUT2D eigenvalue weighted by atomic mass is 9.90. The van der Waals surface area contributed by atoms with Crippen LogP contribution >= 0.6 is 0 Å². The highest BCUT2D eigenvalue weighted by Gasteiger charge is 2.41. The number of nitriles is 5. The second-order valence-corrected chi connectivity index (χ2v) is 14.0. The molecule has 7 nitrogen and oxygen atoms in total. The van der Waals surface area contributed by atoms with Crippen molar-refractivity contribution in [3.05, 3.63) is 145 Å². The number of nitrogens with zero attached hydrogens (tertiary/aromatic N) is 6. The maximum Gasteiger partial charge on any atom is 0.417 e. The topological polar surface area (TPSA) is 153 Å². The van der Waals surface area contributed by atoms with Crippen LogP contribution < -0.4 is 5.32 Å². The van der Waals surface area contributed by atoms with Gasteiger partial charge in [0.2, 0.25) is 0 Å². The molecule has 2 heterocycles. The number of nitrogens with one attached hydrogen (secondary N) is 1. The molecule has 1 atom stereocenters. The first-order valence-electron chi connectivity index (χ1n) is 17.7. The van der Waals surface area contributed by atoms with Crippen molar-refractivity contribution in [2.45, 2.75) is 38.2 Å². The van der Waals surface area contributed by atoms with E-state index in [1.807, 2.05) is 19.1 Å². The zero-order valence-corrected chi connectivity index (χ0v) is 30.1. The van der Waals surface area contributed by atoms with Crippen LogP contribution in [0.25, 0.3) is 39.0 Å². The largest absolute Gasteiger partial charge is 0.417 e. The Kier molecular flexibility index (Phi) is 8.78. The van der Waals surface area contributed by atoms with E-state index in [2.05, 4.69) is 11.4 Å². The quantitative estimate of drug-likeness (QED) is 0.124. The number of hydrogen-bond acceptors (Lipinski definition) is 7. The highest BCUT2D eigenvalue weighted by Crippen LogP contribution is 2.53. The van der Waals surface area contributed by atoms with Gasteiger partial charge in [0.1, 0.15) is 17.7 Å². The van der Waals surface area contributed by atoms with Gasteiger partial charge in [0, 0.05) is 28.8 Å². The third kappa shape index (κ3) is 6.05. The highest BCUT2D eigenvalue weighted by molar-refractivity contribution is 6.31. The van der Waals surface area contributed by atoms with E-state index in [9.17, 15) is 52.7 Å². The molecule has 0 amide bonds. The molecule has 8 rings (SSSR count). The molecule has 58 heavy (non-hydrogen) atoms. The van der Waals surface area contributed by atoms with Crippen LogP contribution in [0.1, 0.15) is 64.3 Å². The molecule has 1 saturated heterocycles. The maximum atomic E-state index is 14.4. The van der Waals surface area contributed by atoms with Crippen LogP contribution in [0.3, 0.4) is 0 Å². The van der Waals surface area contributed by atoms with Crippen LogP contribution in [-0.2, 0) is 12.4 Å². The summed E-state index contributed by atoms with van der Waals surface area (Å²) >= 11 is 0. The Balaban J connectivity index is 1.37. The Hall–Kier alpha value is -7.50. The molecule has 0 saturated carbocycles. The minimum absolute atomic E-state index is 0.116. The molecule has 0 aromatic heterocycles. The summed E-state index contributed by atoms with van der Waals surface area (Å²) in [5.74, 6) is 0. The first kappa shape index (κ1) is 37.4. The lowest BCUT2D eigenvalue weighted by Gasteiger charge is -2.16. The number of hydrogen-bond donors (Lipinski definition) is 1. The van der Waals surface area contributed by atoms with E-state index in [0.717, 1.165) is 23.3 Å². The molecule has 4 aromatic rings. The van der Waals surface area contributed by atoms with E-state index in [1.54, 1.807) is 36.4 Å². The van der Waals surface area contributed by atoms with Gasteiger partial charge in [-0.15, -0.1) is 0 Å². The number of aliphatic imine (C=N–C) groups is 1. The van der Waals surface area contributed by atoms with Crippen LogP contribution in [0, 0.1) is 56.7 Å². The van der Waals surface area contributed by atoms with E-state index in [1.165, 1.54) is 36.4 Å². The summed E-state index contributed by atoms with van der Waals surface area (Å²) in [4.78, 5) is 5.21. The van der Waals surface area contributed by atoms with Crippen molar-refractivity contribution in [1.82, 2.24) is 5.32 Å². The van der Waals surface area contributed by atoms with Gasteiger partial charge in [-0.2, -0.15) is 52.7 Å². The summed E-state index contributed by atoms with van der Waals surface area (Å²) in [5.41, 5.74) is 2.61. The molecule has 0 radical (unpaired) electrons. The number of alkyl halides is 6. The third-order valence-corrected chi connectivity index (χ3v) is 10.7. The summed E-state index contributed by atoms with van der Waals surface area (Å²) in [6.45, 7) is 2.28. The van der Waals surface area contributed by atoms with Crippen molar-refractivity contribution in [1.29, 1.82) is 26.3 Å². The Morgan fingerprint density at radius 2 is 1.16 bits per heavy atom. The number of benzene rings is 4. The molecule has 280 valence electrons. The van der Waals surface area contributed by atoms with Crippen molar-refractivity contribution >= 4 is 22.4 Å². The fourth-order valence-electron chi connectivity index (χ4n) is 8.00. The molecule has 0 spiro atoms. The SMILES string of the molecule is C/C1=C2\C(=NC3=C(CC1)c1ccc(-c4ccc(C#N)cc4C(F)(F)F)cc1/C3=C(\C#N)C1CN1)c1ccc(-c3ccc(C#N)cc3C(F)(F)F)cc1C2=C(C#N)C#N. The maximum absolute atomic E-state index is 14.4. The second-order valence-electron chi connectivity index (χ2n) is 14.0. The second kappa shape index (κ2) is 13.6. The van der Waals surface area contributed by atoms with Crippen molar-refractivity contribution < 1.29 is 26.3 Å². The van der Waals surface area contributed by atoms with Crippen molar-refractivity contribution in [3.63, 3.8) is 0 Å². The molecular weight excluding hydrogens is 753 g/mol. The summed E-state index contributed by atoms with van der Waals surface area (Å²) < 4.78 is 86.1. The van der Waals surface area contributed by atoms with Gasteiger partial charge in [-0.3, -0.25) is 0 Å².